The van der Waals surface area contributed by atoms with E-state index in [9.17, 15) is 0 Å². The minimum absolute atomic E-state index is 0.455. The molecule has 3 rings (SSSR count). The summed E-state index contributed by atoms with van der Waals surface area (Å²) in [4.78, 5) is 9.06. The van der Waals surface area contributed by atoms with Gasteiger partial charge in [-0.25, -0.2) is 9.97 Å². The quantitative estimate of drug-likeness (QED) is 0.467. The number of nitrogens with zero attached hydrogens (tertiary/aromatic N) is 2. The maximum Gasteiger partial charge on any atom is 0.161 e. The molecule has 5 heteroatoms. The second-order valence-corrected chi connectivity index (χ2v) is 6.80. The van der Waals surface area contributed by atoms with E-state index < -0.39 is 0 Å². The van der Waals surface area contributed by atoms with Crippen LogP contribution in [0.15, 0.2) is 45.3 Å². The molecule has 0 atom stereocenters. The van der Waals surface area contributed by atoms with Crippen molar-refractivity contribution in [1.82, 2.24) is 9.97 Å². The molecule has 0 bridgehead atoms. The Bertz CT molecular complexity index is 817. The fourth-order valence-corrected chi connectivity index (χ4v) is 3.68. The van der Waals surface area contributed by atoms with Gasteiger partial charge < -0.3 is 0 Å². The van der Waals surface area contributed by atoms with Crippen LogP contribution in [0.3, 0.4) is 0 Å². The van der Waals surface area contributed by atoms with Crippen molar-refractivity contribution in [1.29, 1.82) is 0 Å². The zero-order valence-corrected chi connectivity index (χ0v) is 15.1. The molecule has 0 fully saturated rings. The van der Waals surface area contributed by atoms with E-state index in [0.29, 0.717) is 11.0 Å². The fourth-order valence-electron chi connectivity index (χ4n) is 2.14. The summed E-state index contributed by atoms with van der Waals surface area (Å²) in [6, 6.07) is 12.1. The SMILES string of the molecule is CCc1ccc(-c2nc(Cl)c3cc(Br)cc(Br)c3n2)cc1. The Morgan fingerprint density at radius 2 is 1.76 bits per heavy atom. The molecule has 1 aromatic heterocycles. The predicted octanol–water partition coefficient (Wildman–Crippen LogP) is 6.04. The number of hydrogen-bond donors (Lipinski definition) is 0. The number of rotatable bonds is 2. The normalized spacial score (nSPS) is 11.0. The van der Waals surface area contributed by atoms with Crippen molar-refractivity contribution in [3.63, 3.8) is 0 Å². The lowest BCUT2D eigenvalue weighted by Gasteiger charge is -2.07. The van der Waals surface area contributed by atoms with Gasteiger partial charge in [-0.05, 0) is 40.0 Å². The molecule has 0 radical (unpaired) electrons. The van der Waals surface area contributed by atoms with E-state index in [2.05, 4.69) is 60.9 Å². The predicted molar refractivity (Wildman–Crippen MR) is 94.8 cm³/mol. The largest absolute Gasteiger partial charge is 0.227 e. The van der Waals surface area contributed by atoms with Gasteiger partial charge in [-0.2, -0.15) is 0 Å². The lowest BCUT2D eigenvalue weighted by molar-refractivity contribution is 1.14. The van der Waals surface area contributed by atoms with Crippen molar-refractivity contribution in [3.05, 3.63) is 56.1 Å². The average Bonchev–Trinajstić information content (AvgIpc) is 2.48. The van der Waals surface area contributed by atoms with Gasteiger partial charge in [-0.3, -0.25) is 0 Å². The minimum Gasteiger partial charge on any atom is -0.227 e. The van der Waals surface area contributed by atoms with Gasteiger partial charge >= 0.3 is 0 Å². The third-order valence-electron chi connectivity index (χ3n) is 3.29. The van der Waals surface area contributed by atoms with Crippen LogP contribution in [0, 0.1) is 0 Å². The lowest BCUT2D eigenvalue weighted by atomic mass is 10.1. The molecule has 0 saturated carbocycles. The summed E-state index contributed by atoms with van der Waals surface area (Å²) in [5.41, 5.74) is 3.06. The van der Waals surface area contributed by atoms with Crippen molar-refractivity contribution in [2.45, 2.75) is 13.3 Å². The summed E-state index contributed by atoms with van der Waals surface area (Å²) in [6.07, 6.45) is 1.01. The molecule has 0 amide bonds. The molecule has 0 N–H and O–H groups in total. The molecular weight excluding hydrogens is 415 g/mol. The van der Waals surface area contributed by atoms with Gasteiger partial charge in [0.2, 0.25) is 0 Å². The van der Waals surface area contributed by atoms with Crippen LogP contribution < -0.4 is 0 Å². The number of aromatic nitrogens is 2. The van der Waals surface area contributed by atoms with Gasteiger partial charge in [0.15, 0.2) is 5.82 Å². The van der Waals surface area contributed by atoms with E-state index >= 15 is 0 Å². The topological polar surface area (TPSA) is 25.8 Å². The molecule has 0 unspecified atom stereocenters. The summed E-state index contributed by atoms with van der Waals surface area (Å²) in [5, 5.41) is 1.28. The molecule has 0 aliphatic rings. The van der Waals surface area contributed by atoms with Crippen LogP contribution in [0.4, 0.5) is 0 Å². The van der Waals surface area contributed by atoms with Gasteiger partial charge in [-0.15, -0.1) is 0 Å². The van der Waals surface area contributed by atoms with Crippen molar-refractivity contribution in [3.8, 4) is 11.4 Å². The summed E-state index contributed by atoms with van der Waals surface area (Å²) in [6.45, 7) is 2.13. The summed E-state index contributed by atoms with van der Waals surface area (Å²) in [5.74, 6) is 0.637. The molecule has 0 aliphatic heterocycles. The summed E-state index contributed by atoms with van der Waals surface area (Å²) >= 11 is 13.3. The number of fused-ring (bicyclic) bond motifs is 1. The zero-order chi connectivity index (χ0) is 15.0. The highest BCUT2D eigenvalue weighted by molar-refractivity contribution is 9.11. The Hall–Kier alpha value is -0.970. The van der Waals surface area contributed by atoms with E-state index in [4.69, 9.17) is 11.6 Å². The van der Waals surface area contributed by atoms with Crippen molar-refractivity contribution in [2.75, 3.05) is 0 Å². The van der Waals surface area contributed by atoms with E-state index in [0.717, 1.165) is 31.8 Å². The van der Waals surface area contributed by atoms with E-state index in [1.54, 1.807) is 0 Å². The Morgan fingerprint density at radius 3 is 2.43 bits per heavy atom. The Kier molecular flexibility index (Phi) is 4.29. The van der Waals surface area contributed by atoms with Crippen molar-refractivity contribution < 1.29 is 0 Å². The third-order valence-corrected chi connectivity index (χ3v) is 4.64. The van der Waals surface area contributed by atoms with Gasteiger partial charge in [-0.1, -0.05) is 58.7 Å². The molecule has 2 nitrogen and oxygen atoms in total. The summed E-state index contributed by atoms with van der Waals surface area (Å²) in [7, 11) is 0. The first-order chi connectivity index (χ1) is 10.1. The molecule has 1 heterocycles. The number of benzene rings is 2. The molecule has 0 saturated heterocycles. The standard InChI is InChI=1S/C16H11Br2ClN2/c1-2-9-3-5-10(6-4-9)16-20-14-12(15(19)21-16)7-11(17)8-13(14)18/h3-8H,2H2,1H3. The molecule has 0 spiro atoms. The molecular formula is C16H11Br2ClN2. The maximum atomic E-state index is 6.32. The second-order valence-electron chi connectivity index (χ2n) is 4.67. The van der Waals surface area contributed by atoms with Crippen LogP contribution in [0.2, 0.25) is 5.15 Å². The Labute approximate surface area is 144 Å². The molecule has 0 aliphatic carbocycles. The van der Waals surface area contributed by atoms with Crippen LogP contribution in [0.25, 0.3) is 22.3 Å². The monoisotopic (exact) mass is 424 g/mol. The zero-order valence-electron chi connectivity index (χ0n) is 11.2. The molecule has 21 heavy (non-hydrogen) atoms. The first-order valence-electron chi connectivity index (χ1n) is 6.50. The number of hydrogen-bond acceptors (Lipinski definition) is 2. The van der Waals surface area contributed by atoms with Crippen LogP contribution in [-0.2, 0) is 6.42 Å². The van der Waals surface area contributed by atoms with Gasteiger partial charge in [0, 0.05) is 19.9 Å². The highest BCUT2D eigenvalue weighted by Crippen LogP contribution is 2.32. The molecule has 3 aromatic rings. The Balaban J connectivity index is 2.19. The second kappa shape index (κ2) is 6.03. The Morgan fingerprint density at radius 1 is 1.05 bits per heavy atom. The smallest absolute Gasteiger partial charge is 0.161 e. The van der Waals surface area contributed by atoms with E-state index in [1.807, 2.05) is 24.3 Å². The fraction of sp³-hybridized carbons (Fsp3) is 0.125. The van der Waals surface area contributed by atoms with Crippen LogP contribution >= 0.6 is 43.5 Å². The average molecular weight is 427 g/mol. The third kappa shape index (κ3) is 2.98. The van der Waals surface area contributed by atoms with E-state index in [-0.39, 0.29) is 0 Å². The summed E-state index contributed by atoms with van der Waals surface area (Å²) < 4.78 is 1.83. The van der Waals surface area contributed by atoms with Crippen LogP contribution in [0.1, 0.15) is 12.5 Å². The molecule has 106 valence electrons. The van der Waals surface area contributed by atoms with Crippen LogP contribution in [0.5, 0.6) is 0 Å². The van der Waals surface area contributed by atoms with Crippen molar-refractivity contribution in [2.24, 2.45) is 0 Å². The highest BCUT2D eigenvalue weighted by Gasteiger charge is 2.11. The highest BCUT2D eigenvalue weighted by atomic mass is 79.9. The van der Waals surface area contributed by atoms with E-state index in [1.165, 1.54) is 5.56 Å². The van der Waals surface area contributed by atoms with Crippen molar-refractivity contribution >= 4 is 54.4 Å². The van der Waals surface area contributed by atoms with Crippen LogP contribution in [-0.4, -0.2) is 9.97 Å². The van der Waals surface area contributed by atoms with Gasteiger partial charge in [0.25, 0.3) is 0 Å². The maximum absolute atomic E-state index is 6.32. The first-order valence-corrected chi connectivity index (χ1v) is 8.46. The van der Waals surface area contributed by atoms with Gasteiger partial charge in [0.1, 0.15) is 5.15 Å². The lowest BCUT2D eigenvalue weighted by Crippen LogP contribution is -1.93. The van der Waals surface area contributed by atoms with Gasteiger partial charge in [0.05, 0.1) is 5.52 Å². The molecule has 2 aromatic carbocycles. The minimum atomic E-state index is 0.455. The number of halogens is 3. The number of aryl methyl sites for hydroxylation is 1. The first kappa shape index (κ1) is 14.9.